The molecule has 2 N–H and O–H groups in total. The molecule has 17 heavy (non-hydrogen) atoms. The summed E-state index contributed by atoms with van der Waals surface area (Å²) in [5, 5.41) is 5.29. The van der Waals surface area contributed by atoms with Gasteiger partial charge in [0.25, 0.3) is 0 Å². The van der Waals surface area contributed by atoms with Gasteiger partial charge >= 0.3 is 0 Å². The molecule has 0 saturated heterocycles. The Morgan fingerprint density at radius 1 is 1.24 bits per heavy atom. The normalized spacial score (nSPS) is 9.76. The number of hydrogen-bond acceptors (Lipinski definition) is 2. The zero-order valence-corrected chi connectivity index (χ0v) is 10.2. The lowest BCUT2D eigenvalue weighted by molar-refractivity contribution is -0.124. The Hall–Kier alpha value is -1.84. The van der Waals surface area contributed by atoms with Gasteiger partial charge in [0.15, 0.2) is 0 Å². The fraction of sp³-hybridized carbons (Fsp3) is 0.385. The van der Waals surface area contributed by atoms with Crippen LogP contribution in [0.5, 0.6) is 0 Å². The number of benzene rings is 1. The highest BCUT2D eigenvalue weighted by Gasteiger charge is 2.04. The average Bonchev–Trinajstić information content (AvgIpc) is 2.27. The first kappa shape index (κ1) is 13.2. The summed E-state index contributed by atoms with van der Waals surface area (Å²) < 4.78 is 0. The largest absolute Gasteiger partial charge is 0.347 e. The minimum atomic E-state index is -0.208. The topological polar surface area (TPSA) is 58.2 Å². The molecule has 4 nitrogen and oxygen atoms in total. The molecule has 0 heterocycles. The van der Waals surface area contributed by atoms with Crippen LogP contribution in [0, 0.1) is 6.92 Å². The molecule has 0 aliphatic rings. The summed E-state index contributed by atoms with van der Waals surface area (Å²) >= 11 is 0. The number of hydrogen-bond donors (Lipinski definition) is 2. The van der Waals surface area contributed by atoms with Gasteiger partial charge in [0.05, 0.1) is 6.54 Å². The highest BCUT2D eigenvalue weighted by Crippen LogP contribution is 2.08. The molecule has 0 fully saturated rings. The van der Waals surface area contributed by atoms with Gasteiger partial charge in [-0.15, -0.1) is 0 Å². The summed E-state index contributed by atoms with van der Waals surface area (Å²) in [5.41, 5.74) is 1.83. The van der Waals surface area contributed by atoms with Crippen molar-refractivity contribution in [3.05, 3.63) is 29.8 Å². The molecule has 0 saturated carbocycles. The Morgan fingerprint density at radius 3 is 2.65 bits per heavy atom. The minimum absolute atomic E-state index is 0.0206. The van der Waals surface area contributed by atoms with Crippen LogP contribution >= 0.6 is 0 Å². The van der Waals surface area contributed by atoms with Gasteiger partial charge in [0.1, 0.15) is 0 Å². The summed E-state index contributed by atoms with van der Waals surface area (Å²) in [7, 11) is 0. The van der Waals surface area contributed by atoms with Crippen LogP contribution < -0.4 is 10.6 Å². The van der Waals surface area contributed by atoms with Crippen LogP contribution in [0.4, 0.5) is 5.69 Å². The number of aryl methyl sites for hydroxylation is 1. The molecule has 0 atom stereocenters. The van der Waals surface area contributed by atoms with Gasteiger partial charge in [-0.1, -0.05) is 19.1 Å². The molecule has 0 radical (unpaired) electrons. The summed E-state index contributed by atoms with van der Waals surface area (Å²) in [6, 6.07) is 7.53. The van der Waals surface area contributed by atoms with Crippen LogP contribution in [0.2, 0.25) is 0 Å². The van der Waals surface area contributed by atoms with Gasteiger partial charge in [0.2, 0.25) is 11.8 Å². The molecule has 1 aromatic carbocycles. The number of nitrogens with one attached hydrogen (secondary N) is 2. The van der Waals surface area contributed by atoms with Crippen LogP contribution in [0.25, 0.3) is 0 Å². The Kier molecular flexibility index (Phi) is 5.20. The maximum atomic E-state index is 11.5. The predicted octanol–water partition coefficient (Wildman–Crippen LogP) is 1.85. The van der Waals surface area contributed by atoms with E-state index in [2.05, 4.69) is 10.6 Å². The maximum absolute atomic E-state index is 11.5. The Morgan fingerprint density at radius 2 is 2.00 bits per heavy atom. The fourth-order valence-corrected chi connectivity index (χ4v) is 1.42. The molecule has 1 rings (SSSR count). The minimum Gasteiger partial charge on any atom is -0.347 e. The van der Waals surface area contributed by atoms with E-state index in [1.807, 2.05) is 38.1 Å². The smallest absolute Gasteiger partial charge is 0.243 e. The van der Waals surface area contributed by atoms with E-state index in [1.54, 1.807) is 0 Å². The van der Waals surface area contributed by atoms with Gasteiger partial charge in [-0.25, -0.2) is 0 Å². The number of carbonyl (C=O) groups is 2. The third kappa shape index (κ3) is 5.15. The van der Waals surface area contributed by atoms with Gasteiger partial charge in [0, 0.05) is 12.1 Å². The molecule has 1 aromatic rings. The molecule has 0 aromatic heterocycles. The van der Waals surface area contributed by atoms with Crippen molar-refractivity contribution in [1.29, 1.82) is 0 Å². The van der Waals surface area contributed by atoms with Crippen LogP contribution in [0.15, 0.2) is 24.3 Å². The van der Waals surface area contributed by atoms with Crippen LogP contribution in [-0.2, 0) is 9.59 Å². The van der Waals surface area contributed by atoms with E-state index in [4.69, 9.17) is 0 Å². The van der Waals surface area contributed by atoms with E-state index in [9.17, 15) is 9.59 Å². The van der Waals surface area contributed by atoms with Crippen molar-refractivity contribution in [3.8, 4) is 0 Å². The summed E-state index contributed by atoms with van der Waals surface area (Å²) in [6.45, 7) is 3.90. The maximum Gasteiger partial charge on any atom is 0.243 e. The quantitative estimate of drug-likeness (QED) is 0.816. The predicted molar refractivity (Wildman–Crippen MR) is 67.7 cm³/mol. The lowest BCUT2D eigenvalue weighted by Gasteiger charge is -2.07. The van der Waals surface area contributed by atoms with Gasteiger partial charge in [-0.2, -0.15) is 0 Å². The first-order valence-corrected chi connectivity index (χ1v) is 5.75. The Bertz CT molecular complexity index is 402. The van der Waals surface area contributed by atoms with Crippen molar-refractivity contribution in [2.45, 2.75) is 26.7 Å². The molecule has 4 heteroatoms. The molecule has 92 valence electrons. The van der Waals surface area contributed by atoms with Crippen molar-refractivity contribution in [3.63, 3.8) is 0 Å². The Labute approximate surface area is 101 Å². The monoisotopic (exact) mass is 234 g/mol. The van der Waals surface area contributed by atoms with Crippen LogP contribution in [-0.4, -0.2) is 18.4 Å². The van der Waals surface area contributed by atoms with Crippen molar-refractivity contribution < 1.29 is 9.59 Å². The van der Waals surface area contributed by atoms with E-state index in [-0.39, 0.29) is 18.4 Å². The van der Waals surface area contributed by atoms with E-state index in [0.29, 0.717) is 6.42 Å². The van der Waals surface area contributed by atoms with E-state index < -0.39 is 0 Å². The highest BCUT2D eigenvalue weighted by molar-refractivity contribution is 5.94. The van der Waals surface area contributed by atoms with Crippen molar-refractivity contribution in [2.24, 2.45) is 0 Å². The molecular formula is C13H18N2O2. The second-order valence-electron chi connectivity index (χ2n) is 3.94. The number of anilines is 1. The standard InChI is InChI=1S/C13H18N2O2/c1-3-5-12(16)14-9-13(17)15-11-7-4-6-10(2)8-11/h4,6-8H,3,5,9H2,1-2H3,(H,14,16)(H,15,17). The second kappa shape index (κ2) is 6.68. The number of amides is 2. The summed E-state index contributed by atoms with van der Waals surface area (Å²) in [6.07, 6.45) is 1.24. The fourth-order valence-electron chi connectivity index (χ4n) is 1.42. The lowest BCUT2D eigenvalue weighted by Crippen LogP contribution is -2.32. The third-order valence-corrected chi connectivity index (χ3v) is 2.23. The molecule has 0 spiro atoms. The lowest BCUT2D eigenvalue weighted by atomic mass is 10.2. The zero-order chi connectivity index (χ0) is 12.7. The number of carbonyl (C=O) groups excluding carboxylic acids is 2. The molecule has 0 aliphatic carbocycles. The first-order valence-electron chi connectivity index (χ1n) is 5.75. The van der Waals surface area contributed by atoms with Gasteiger partial charge in [-0.05, 0) is 31.0 Å². The zero-order valence-electron chi connectivity index (χ0n) is 10.2. The molecular weight excluding hydrogens is 216 g/mol. The van der Waals surface area contributed by atoms with Crippen molar-refractivity contribution in [1.82, 2.24) is 5.32 Å². The summed E-state index contributed by atoms with van der Waals surface area (Å²) in [5.74, 6) is -0.299. The highest BCUT2D eigenvalue weighted by atomic mass is 16.2. The SMILES string of the molecule is CCCC(=O)NCC(=O)Nc1cccc(C)c1. The van der Waals surface area contributed by atoms with Crippen LogP contribution in [0.1, 0.15) is 25.3 Å². The van der Waals surface area contributed by atoms with Gasteiger partial charge in [-0.3, -0.25) is 9.59 Å². The average molecular weight is 234 g/mol. The van der Waals surface area contributed by atoms with Crippen molar-refractivity contribution in [2.75, 3.05) is 11.9 Å². The molecule has 0 aliphatic heterocycles. The second-order valence-corrected chi connectivity index (χ2v) is 3.94. The van der Waals surface area contributed by atoms with Gasteiger partial charge < -0.3 is 10.6 Å². The van der Waals surface area contributed by atoms with Crippen molar-refractivity contribution >= 4 is 17.5 Å². The van der Waals surface area contributed by atoms with E-state index >= 15 is 0 Å². The first-order chi connectivity index (χ1) is 8.11. The van der Waals surface area contributed by atoms with E-state index in [1.165, 1.54) is 0 Å². The molecule has 0 bridgehead atoms. The third-order valence-electron chi connectivity index (χ3n) is 2.23. The Balaban J connectivity index is 2.37. The van der Waals surface area contributed by atoms with E-state index in [0.717, 1.165) is 17.7 Å². The molecule has 2 amide bonds. The molecule has 0 unspecified atom stereocenters. The number of rotatable bonds is 5. The van der Waals surface area contributed by atoms with Crippen LogP contribution in [0.3, 0.4) is 0 Å². The summed E-state index contributed by atoms with van der Waals surface area (Å²) in [4.78, 5) is 22.7.